The maximum atomic E-state index is 13.4. The minimum absolute atomic E-state index is 0.0952. The SMILES string of the molecule is Cc1ccc(F)cc1NC(=O)CN1CCC(c2nc3ccccc3s2)CC1. The second-order valence-electron chi connectivity index (χ2n) is 7.08. The van der Waals surface area contributed by atoms with Crippen molar-refractivity contribution in [3.63, 3.8) is 0 Å². The molecule has 4 rings (SSSR count). The van der Waals surface area contributed by atoms with Crippen molar-refractivity contribution < 1.29 is 9.18 Å². The van der Waals surface area contributed by atoms with E-state index in [-0.39, 0.29) is 11.7 Å². The van der Waals surface area contributed by atoms with Crippen molar-refractivity contribution in [1.29, 1.82) is 0 Å². The minimum Gasteiger partial charge on any atom is -0.325 e. The van der Waals surface area contributed by atoms with Gasteiger partial charge < -0.3 is 5.32 Å². The Labute approximate surface area is 162 Å². The molecule has 1 N–H and O–H groups in total. The van der Waals surface area contributed by atoms with E-state index in [1.165, 1.54) is 21.8 Å². The molecule has 4 nitrogen and oxygen atoms in total. The highest BCUT2D eigenvalue weighted by atomic mass is 32.1. The summed E-state index contributed by atoms with van der Waals surface area (Å²) in [6.45, 7) is 3.94. The third-order valence-corrected chi connectivity index (χ3v) is 6.29. The third-order valence-electron chi connectivity index (χ3n) is 5.09. The molecular formula is C21H22FN3OS. The van der Waals surface area contributed by atoms with Crippen molar-refractivity contribution in [2.24, 2.45) is 0 Å². The molecule has 27 heavy (non-hydrogen) atoms. The third kappa shape index (κ3) is 4.17. The van der Waals surface area contributed by atoms with E-state index >= 15 is 0 Å². The molecule has 1 aliphatic rings. The van der Waals surface area contributed by atoms with E-state index in [2.05, 4.69) is 22.3 Å². The van der Waals surface area contributed by atoms with Crippen LogP contribution in [-0.2, 0) is 4.79 Å². The Hall–Kier alpha value is -2.31. The maximum absolute atomic E-state index is 13.4. The van der Waals surface area contributed by atoms with Crippen molar-refractivity contribution >= 4 is 33.1 Å². The summed E-state index contributed by atoms with van der Waals surface area (Å²) < 4.78 is 14.6. The Morgan fingerprint density at radius 1 is 1.26 bits per heavy atom. The number of thiazole rings is 1. The molecule has 1 aliphatic heterocycles. The van der Waals surface area contributed by atoms with Crippen molar-refractivity contribution in [1.82, 2.24) is 9.88 Å². The van der Waals surface area contributed by atoms with Crippen LogP contribution < -0.4 is 5.32 Å². The van der Waals surface area contributed by atoms with Gasteiger partial charge in [0.05, 0.1) is 21.8 Å². The van der Waals surface area contributed by atoms with Crippen LogP contribution >= 0.6 is 11.3 Å². The zero-order chi connectivity index (χ0) is 18.8. The number of halogens is 1. The van der Waals surface area contributed by atoms with Gasteiger partial charge >= 0.3 is 0 Å². The lowest BCUT2D eigenvalue weighted by molar-refractivity contribution is -0.117. The average molecular weight is 383 g/mol. The number of hydrogen-bond donors (Lipinski definition) is 1. The summed E-state index contributed by atoms with van der Waals surface area (Å²) in [5, 5.41) is 4.03. The van der Waals surface area contributed by atoms with Gasteiger partial charge in [-0.05, 0) is 62.7 Å². The molecule has 3 aromatic rings. The van der Waals surface area contributed by atoms with Crippen molar-refractivity contribution in [2.45, 2.75) is 25.7 Å². The van der Waals surface area contributed by atoms with Gasteiger partial charge in [-0.2, -0.15) is 0 Å². The molecule has 0 saturated carbocycles. The van der Waals surface area contributed by atoms with E-state index < -0.39 is 0 Å². The summed E-state index contributed by atoms with van der Waals surface area (Å²) in [5.74, 6) is 0.0295. The zero-order valence-electron chi connectivity index (χ0n) is 15.2. The van der Waals surface area contributed by atoms with Gasteiger partial charge in [-0.25, -0.2) is 9.37 Å². The molecule has 1 amide bonds. The number of nitrogens with one attached hydrogen (secondary N) is 1. The number of aromatic nitrogens is 1. The van der Waals surface area contributed by atoms with E-state index in [4.69, 9.17) is 4.98 Å². The number of fused-ring (bicyclic) bond motifs is 1. The molecule has 0 aliphatic carbocycles. The fourth-order valence-electron chi connectivity index (χ4n) is 3.52. The van der Waals surface area contributed by atoms with Gasteiger partial charge in [0, 0.05) is 11.6 Å². The predicted molar refractivity (Wildman–Crippen MR) is 108 cm³/mol. The second-order valence-corrected chi connectivity index (χ2v) is 8.14. The molecule has 0 spiro atoms. The number of hydrogen-bond acceptors (Lipinski definition) is 4. The Bertz CT molecular complexity index is 930. The number of rotatable bonds is 4. The van der Waals surface area contributed by atoms with Gasteiger partial charge in [0.15, 0.2) is 0 Å². The molecule has 2 aromatic carbocycles. The number of amides is 1. The highest BCUT2D eigenvalue weighted by molar-refractivity contribution is 7.18. The zero-order valence-corrected chi connectivity index (χ0v) is 16.1. The highest BCUT2D eigenvalue weighted by Crippen LogP contribution is 2.33. The summed E-state index contributed by atoms with van der Waals surface area (Å²) in [7, 11) is 0. The first kappa shape index (κ1) is 18.1. The first-order valence-corrected chi connectivity index (χ1v) is 10.0. The van der Waals surface area contributed by atoms with Gasteiger partial charge in [0.25, 0.3) is 0 Å². The number of para-hydroxylation sites is 1. The van der Waals surface area contributed by atoms with Crippen molar-refractivity contribution in [2.75, 3.05) is 25.0 Å². The molecule has 1 aromatic heterocycles. The minimum atomic E-state index is -0.340. The summed E-state index contributed by atoms with van der Waals surface area (Å²) in [6, 6.07) is 12.7. The average Bonchev–Trinajstić information content (AvgIpc) is 3.09. The number of carbonyl (C=O) groups excluding carboxylic acids is 1. The molecular weight excluding hydrogens is 361 g/mol. The maximum Gasteiger partial charge on any atom is 0.238 e. The van der Waals surface area contributed by atoms with Crippen molar-refractivity contribution in [3.8, 4) is 0 Å². The van der Waals surface area contributed by atoms with E-state index in [1.807, 2.05) is 19.1 Å². The smallest absolute Gasteiger partial charge is 0.238 e. The summed E-state index contributed by atoms with van der Waals surface area (Å²) in [5.41, 5.74) is 2.48. The summed E-state index contributed by atoms with van der Waals surface area (Å²) in [4.78, 5) is 19.3. The molecule has 2 heterocycles. The molecule has 0 radical (unpaired) electrons. The van der Waals surface area contributed by atoms with Gasteiger partial charge in [0.1, 0.15) is 5.82 Å². The van der Waals surface area contributed by atoms with E-state index in [1.54, 1.807) is 17.4 Å². The summed E-state index contributed by atoms with van der Waals surface area (Å²) >= 11 is 1.78. The van der Waals surface area contributed by atoms with Crippen LogP contribution in [0.2, 0.25) is 0 Å². The van der Waals surface area contributed by atoms with E-state index in [0.717, 1.165) is 37.0 Å². The number of piperidine rings is 1. The number of carbonyl (C=O) groups is 1. The lowest BCUT2D eigenvalue weighted by Crippen LogP contribution is -2.38. The van der Waals surface area contributed by atoms with Crippen LogP contribution in [0.3, 0.4) is 0 Å². The largest absolute Gasteiger partial charge is 0.325 e. The van der Waals surface area contributed by atoms with Crippen LogP contribution in [0.5, 0.6) is 0 Å². The number of aryl methyl sites for hydroxylation is 1. The molecule has 0 unspecified atom stereocenters. The molecule has 0 bridgehead atoms. The van der Waals surface area contributed by atoms with Crippen LogP contribution in [0.15, 0.2) is 42.5 Å². The standard InChI is InChI=1S/C21H22FN3OS/c1-14-6-7-16(22)12-18(14)23-20(26)13-25-10-8-15(9-11-25)21-24-17-4-2-3-5-19(17)27-21/h2-7,12,15H,8-11,13H2,1H3,(H,23,26). The normalized spacial score (nSPS) is 15.9. The topological polar surface area (TPSA) is 45.2 Å². The number of benzene rings is 2. The monoisotopic (exact) mass is 383 g/mol. The van der Waals surface area contributed by atoms with Gasteiger partial charge in [-0.15, -0.1) is 11.3 Å². The van der Waals surface area contributed by atoms with Crippen LogP contribution in [0.1, 0.15) is 29.3 Å². The Morgan fingerprint density at radius 2 is 2.04 bits per heavy atom. The lowest BCUT2D eigenvalue weighted by Gasteiger charge is -2.30. The van der Waals surface area contributed by atoms with Crippen molar-refractivity contribution in [3.05, 3.63) is 58.9 Å². The van der Waals surface area contributed by atoms with E-state index in [9.17, 15) is 9.18 Å². The Kier molecular flexibility index (Phi) is 5.18. The van der Waals surface area contributed by atoms with Gasteiger partial charge in [-0.3, -0.25) is 9.69 Å². The molecule has 1 fully saturated rings. The summed E-state index contributed by atoms with van der Waals surface area (Å²) in [6.07, 6.45) is 2.01. The lowest BCUT2D eigenvalue weighted by atomic mass is 9.97. The predicted octanol–water partition coefficient (Wildman–Crippen LogP) is 4.56. The first-order valence-electron chi connectivity index (χ1n) is 9.22. The fourth-order valence-corrected chi connectivity index (χ4v) is 4.66. The quantitative estimate of drug-likeness (QED) is 0.718. The van der Waals surface area contributed by atoms with Crippen LogP contribution in [0, 0.1) is 12.7 Å². The molecule has 140 valence electrons. The molecule has 0 atom stereocenters. The van der Waals surface area contributed by atoms with Gasteiger partial charge in [0.2, 0.25) is 5.91 Å². The van der Waals surface area contributed by atoms with Crippen LogP contribution in [0.4, 0.5) is 10.1 Å². The Balaban J connectivity index is 1.32. The number of likely N-dealkylation sites (tertiary alicyclic amines) is 1. The first-order chi connectivity index (χ1) is 13.1. The highest BCUT2D eigenvalue weighted by Gasteiger charge is 2.24. The van der Waals surface area contributed by atoms with Crippen LogP contribution in [0.25, 0.3) is 10.2 Å². The fraction of sp³-hybridized carbons (Fsp3) is 0.333. The van der Waals surface area contributed by atoms with E-state index in [0.29, 0.717) is 18.2 Å². The van der Waals surface area contributed by atoms with Gasteiger partial charge in [-0.1, -0.05) is 18.2 Å². The molecule has 6 heteroatoms. The molecule has 1 saturated heterocycles. The number of anilines is 1. The second kappa shape index (κ2) is 7.74. The van der Waals surface area contributed by atoms with Crippen LogP contribution in [-0.4, -0.2) is 35.4 Å². The Morgan fingerprint density at radius 3 is 2.81 bits per heavy atom. The number of nitrogens with zero attached hydrogens (tertiary/aromatic N) is 2.